The Morgan fingerprint density at radius 1 is 0.957 bits per heavy atom. The van der Waals surface area contributed by atoms with Gasteiger partial charge in [-0.2, -0.15) is 0 Å². The van der Waals surface area contributed by atoms with Crippen LogP contribution >= 0.6 is 0 Å². The molecule has 2 aromatic carbocycles. The molecule has 0 aliphatic carbocycles. The van der Waals surface area contributed by atoms with Crippen molar-refractivity contribution in [2.24, 2.45) is 0 Å². The van der Waals surface area contributed by atoms with Gasteiger partial charge in [-0.3, -0.25) is 4.90 Å². The topological polar surface area (TPSA) is 25.6 Å². The number of para-hydroxylation sites is 1. The Morgan fingerprint density at radius 3 is 2.61 bits per heavy atom. The molecule has 0 saturated heterocycles. The number of ether oxygens (including phenoxy) is 1. The van der Waals surface area contributed by atoms with Crippen molar-refractivity contribution in [1.29, 1.82) is 0 Å². The maximum Gasteiger partial charge on any atom is 0.136 e. The molecule has 1 aliphatic heterocycles. The lowest BCUT2D eigenvalue weighted by atomic mass is 10.1. The predicted octanol–water partition coefficient (Wildman–Crippen LogP) is 4.42. The van der Waals surface area contributed by atoms with Crippen molar-refractivity contribution in [3.05, 3.63) is 89.9 Å². The summed E-state index contributed by atoms with van der Waals surface area (Å²) in [6, 6.07) is 20.8. The Labute approximate surface area is 136 Å². The third-order valence-electron chi connectivity index (χ3n) is 4.22. The fraction of sp³-hybridized carbons (Fsp3) is 0.200. The van der Waals surface area contributed by atoms with E-state index in [0.717, 1.165) is 25.4 Å². The van der Waals surface area contributed by atoms with E-state index in [0.29, 0.717) is 0 Å². The fourth-order valence-electron chi connectivity index (χ4n) is 3.08. The van der Waals surface area contributed by atoms with Gasteiger partial charge in [-0.15, -0.1) is 0 Å². The van der Waals surface area contributed by atoms with Crippen LogP contribution in [0.4, 0.5) is 0 Å². The highest BCUT2D eigenvalue weighted by Gasteiger charge is 2.24. The van der Waals surface area contributed by atoms with Gasteiger partial charge >= 0.3 is 0 Å². The molecule has 0 radical (unpaired) electrons. The van der Waals surface area contributed by atoms with Crippen LogP contribution in [0, 0.1) is 0 Å². The molecular weight excluding hydrogens is 286 g/mol. The number of furan rings is 1. The van der Waals surface area contributed by atoms with E-state index in [2.05, 4.69) is 47.4 Å². The lowest BCUT2D eigenvalue weighted by Crippen LogP contribution is -2.27. The van der Waals surface area contributed by atoms with E-state index in [1.807, 2.05) is 24.5 Å². The standard InChI is InChI=1S/C20H19NO2/c1-2-6-17(7-3-1)20-14-21(12-16-10-11-22-15-16)13-18-8-4-5-9-19(18)23-20/h1-11,15,20H,12-14H2/t20-/m1/s1. The van der Waals surface area contributed by atoms with Crippen LogP contribution in [0.1, 0.15) is 22.8 Å². The van der Waals surface area contributed by atoms with Crippen LogP contribution < -0.4 is 4.74 Å². The largest absolute Gasteiger partial charge is 0.484 e. The van der Waals surface area contributed by atoms with Crippen molar-refractivity contribution in [3.63, 3.8) is 0 Å². The molecule has 23 heavy (non-hydrogen) atoms. The van der Waals surface area contributed by atoms with E-state index in [4.69, 9.17) is 9.15 Å². The molecule has 1 atom stereocenters. The number of hydrogen-bond acceptors (Lipinski definition) is 3. The van der Waals surface area contributed by atoms with Crippen LogP contribution in [0.25, 0.3) is 0 Å². The molecule has 0 unspecified atom stereocenters. The molecule has 116 valence electrons. The monoisotopic (exact) mass is 305 g/mol. The van der Waals surface area contributed by atoms with E-state index in [1.54, 1.807) is 6.26 Å². The first-order chi connectivity index (χ1) is 11.4. The van der Waals surface area contributed by atoms with Gasteiger partial charge in [0.2, 0.25) is 0 Å². The number of nitrogens with zero attached hydrogens (tertiary/aromatic N) is 1. The molecule has 0 amide bonds. The van der Waals surface area contributed by atoms with Crippen LogP contribution in [-0.4, -0.2) is 11.4 Å². The molecule has 3 aromatic rings. The quantitative estimate of drug-likeness (QED) is 0.716. The molecule has 3 nitrogen and oxygen atoms in total. The molecule has 2 heterocycles. The van der Waals surface area contributed by atoms with Gasteiger partial charge in [-0.05, 0) is 17.7 Å². The highest BCUT2D eigenvalue weighted by Crippen LogP contribution is 2.31. The minimum absolute atomic E-state index is 0.0340. The maximum absolute atomic E-state index is 6.33. The number of fused-ring (bicyclic) bond motifs is 1. The first-order valence-corrected chi connectivity index (χ1v) is 7.91. The summed E-state index contributed by atoms with van der Waals surface area (Å²) in [6.45, 7) is 2.59. The van der Waals surface area contributed by atoms with Crippen molar-refractivity contribution < 1.29 is 9.15 Å². The summed E-state index contributed by atoms with van der Waals surface area (Å²) in [6.07, 6.45) is 3.58. The number of hydrogen-bond donors (Lipinski definition) is 0. The second kappa shape index (κ2) is 6.31. The van der Waals surface area contributed by atoms with Crippen LogP contribution in [-0.2, 0) is 13.1 Å². The maximum atomic E-state index is 6.33. The van der Waals surface area contributed by atoms with Crippen molar-refractivity contribution in [3.8, 4) is 5.75 Å². The zero-order chi connectivity index (χ0) is 15.5. The molecule has 0 fully saturated rings. The van der Waals surface area contributed by atoms with Crippen LogP contribution in [0.2, 0.25) is 0 Å². The molecule has 1 aliphatic rings. The Balaban J connectivity index is 1.65. The van der Waals surface area contributed by atoms with Gasteiger partial charge in [-0.1, -0.05) is 48.5 Å². The average Bonchev–Trinajstić information content (AvgIpc) is 3.02. The van der Waals surface area contributed by atoms with E-state index in [1.165, 1.54) is 16.7 Å². The average molecular weight is 305 g/mol. The third-order valence-corrected chi connectivity index (χ3v) is 4.22. The fourth-order valence-corrected chi connectivity index (χ4v) is 3.08. The van der Waals surface area contributed by atoms with Crippen molar-refractivity contribution >= 4 is 0 Å². The molecule has 0 spiro atoms. The normalized spacial score (nSPS) is 18.0. The summed E-state index contributed by atoms with van der Waals surface area (Å²) in [5, 5.41) is 0. The number of benzene rings is 2. The first-order valence-electron chi connectivity index (χ1n) is 7.91. The summed E-state index contributed by atoms with van der Waals surface area (Å²) in [5.41, 5.74) is 3.63. The summed E-state index contributed by atoms with van der Waals surface area (Å²) in [4.78, 5) is 2.41. The van der Waals surface area contributed by atoms with Gasteiger partial charge in [0.25, 0.3) is 0 Å². The Kier molecular flexibility index (Phi) is 3.86. The minimum atomic E-state index is 0.0340. The van der Waals surface area contributed by atoms with Crippen molar-refractivity contribution in [2.45, 2.75) is 19.2 Å². The SMILES string of the molecule is c1ccc([C@H]2CN(Cc3ccoc3)Cc3ccccc3O2)cc1. The lowest BCUT2D eigenvalue weighted by Gasteiger charge is -2.23. The second-order valence-corrected chi connectivity index (χ2v) is 5.93. The third kappa shape index (κ3) is 3.15. The van der Waals surface area contributed by atoms with Crippen molar-refractivity contribution in [1.82, 2.24) is 4.90 Å². The van der Waals surface area contributed by atoms with Crippen molar-refractivity contribution in [2.75, 3.05) is 6.54 Å². The zero-order valence-corrected chi connectivity index (χ0v) is 12.9. The molecule has 4 rings (SSSR count). The molecule has 0 bridgehead atoms. The minimum Gasteiger partial charge on any atom is -0.484 e. The van der Waals surface area contributed by atoms with Gasteiger partial charge in [0.1, 0.15) is 11.9 Å². The molecule has 0 saturated carbocycles. The zero-order valence-electron chi connectivity index (χ0n) is 12.9. The van der Waals surface area contributed by atoms with E-state index in [-0.39, 0.29) is 6.10 Å². The second-order valence-electron chi connectivity index (χ2n) is 5.93. The first kappa shape index (κ1) is 14.1. The predicted molar refractivity (Wildman–Crippen MR) is 89.1 cm³/mol. The molecular formula is C20H19NO2. The smallest absolute Gasteiger partial charge is 0.136 e. The lowest BCUT2D eigenvalue weighted by molar-refractivity contribution is 0.144. The Bertz CT molecular complexity index is 752. The Hall–Kier alpha value is -2.52. The highest BCUT2D eigenvalue weighted by molar-refractivity contribution is 5.35. The summed E-state index contributed by atoms with van der Waals surface area (Å²) >= 11 is 0. The van der Waals surface area contributed by atoms with Crippen LogP contribution in [0.15, 0.2) is 77.6 Å². The number of rotatable bonds is 3. The van der Waals surface area contributed by atoms with Gasteiger partial charge in [0.05, 0.1) is 12.5 Å². The molecule has 3 heteroatoms. The van der Waals surface area contributed by atoms with Crippen LogP contribution in [0.5, 0.6) is 5.75 Å². The van der Waals surface area contributed by atoms with Gasteiger partial charge < -0.3 is 9.15 Å². The van der Waals surface area contributed by atoms with Gasteiger partial charge in [-0.25, -0.2) is 0 Å². The molecule has 0 N–H and O–H groups in total. The summed E-state index contributed by atoms with van der Waals surface area (Å²) in [7, 11) is 0. The highest BCUT2D eigenvalue weighted by atomic mass is 16.5. The van der Waals surface area contributed by atoms with Gasteiger partial charge in [0, 0.05) is 30.8 Å². The summed E-state index contributed by atoms with van der Waals surface area (Å²) < 4.78 is 11.5. The molecule has 1 aromatic heterocycles. The van der Waals surface area contributed by atoms with E-state index >= 15 is 0 Å². The Morgan fingerprint density at radius 2 is 1.78 bits per heavy atom. The summed E-state index contributed by atoms with van der Waals surface area (Å²) in [5.74, 6) is 0.982. The van der Waals surface area contributed by atoms with Crippen LogP contribution in [0.3, 0.4) is 0 Å². The van der Waals surface area contributed by atoms with Gasteiger partial charge in [0.15, 0.2) is 0 Å². The van der Waals surface area contributed by atoms with E-state index in [9.17, 15) is 0 Å². The van der Waals surface area contributed by atoms with E-state index < -0.39 is 0 Å².